The van der Waals surface area contributed by atoms with Crippen molar-refractivity contribution in [3.8, 4) is 6.07 Å². The first-order valence-corrected chi connectivity index (χ1v) is 6.19. The predicted octanol–water partition coefficient (Wildman–Crippen LogP) is 2.73. The molecule has 0 heterocycles. The Bertz CT molecular complexity index is 722. The standard InChI is InChI=1S/C15H13N3O3/c1-17(13-4-2-3-11(7-13)9-16)14-5-6-15(18(20)21)12(8-14)10-19/h2-8,19H,10H2,1H3. The average molecular weight is 283 g/mol. The second-order valence-corrected chi connectivity index (χ2v) is 4.45. The van der Waals surface area contributed by atoms with Gasteiger partial charge >= 0.3 is 0 Å². The monoisotopic (exact) mass is 283 g/mol. The van der Waals surface area contributed by atoms with Gasteiger partial charge in [0.2, 0.25) is 0 Å². The number of benzene rings is 2. The highest BCUT2D eigenvalue weighted by molar-refractivity contribution is 5.66. The van der Waals surface area contributed by atoms with Crippen LogP contribution in [0.25, 0.3) is 0 Å². The van der Waals surface area contributed by atoms with Gasteiger partial charge in [0, 0.05) is 24.5 Å². The van der Waals surface area contributed by atoms with Crippen molar-refractivity contribution in [3.05, 3.63) is 63.7 Å². The summed E-state index contributed by atoms with van der Waals surface area (Å²) >= 11 is 0. The van der Waals surface area contributed by atoms with Gasteiger partial charge in [-0.05, 0) is 30.3 Å². The molecule has 0 radical (unpaired) electrons. The van der Waals surface area contributed by atoms with Crippen molar-refractivity contribution >= 4 is 17.1 Å². The molecule has 0 aliphatic rings. The molecule has 0 atom stereocenters. The molecule has 2 aromatic carbocycles. The first kappa shape index (κ1) is 14.5. The number of rotatable bonds is 4. The SMILES string of the molecule is CN(c1cccc(C#N)c1)c1ccc([N+](=O)[O-])c(CO)c1. The van der Waals surface area contributed by atoms with Crippen LogP contribution in [-0.4, -0.2) is 17.1 Å². The fourth-order valence-electron chi connectivity index (χ4n) is 2.02. The van der Waals surface area contributed by atoms with Gasteiger partial charge in [-0.25, -0.2) is 0 Å². The van der Waals surface area contributed by atoms with Crippen molar-refractivity contribution in [2.45, 2.75) is 6.61 Å². The van der Waals surface area contributed by atoms with E-state index in [9.17, 15) is 15.2 Å². The van der Waals surface area contributed by atoms with Crippen LogP contribution < -0.4 is 4.90 Å². The molecule has 0 aliphatic heterocycles. The Kier molecular flexibility index (Phi) is 4.16. The van der Waals surface area contributed by atoms with E-state index in [0.29, 0.717) is 11.3 Å². The summed E-state index contributed by atoms with van der Waals surface area (Å²) in [6, 6.07) is 13.6. The Morgan fingerprint density at radius 3 is 2.62 bits per heavy atom. The largest absolute Gasteiger partial charge is 0.391 e. The quantitative estimate of drug-likeness (QED) is 0.688. The van der Waals surface area contributed by atoms with Gasteiger partial charge in [0.1, 0.15) is 0 Å². The van der Waals surface area contributed by atoms with E-state index in [4.69, 9.17) is 5.26 Å². The van der Waals surface area contributed by atoms with Crippen LogP contribution in [0.5, 0.6) is 0 Å². The number of hydrogen-bond donors (Lipinski definition) is 1. The fraction of sp³-hybridized carbons (Fsp3) is 0.133. The van der Waals surface area contributed by atoms with E-state index in [1.54, 1.807) is 42.3 Å². The number of aliphatic hydroxyl groups excluding tert-OH is 1. The summed E-state index contributed by atoms with van der Waals surface area (Å²) in [5.74, 6) is 0. The van der Waals surface area contributed by atoms with Crippen molar-refractivity contribution in [2.24, 2.45) is 0 Å². The Labute approximate surface area is 121 Å². The summed E-state index contributed by atoms with van der Waals surface area (Å²) in [7, 11) is 1.79. The number of nitro groups is 1. The molecular formula is C15H13N3O3. The molecule has 2 aromatic rings. The Morgan fingerprint density at radius 1 is 1.29 bits per heavy atom. The summed E-state index contributed by atoms with van der Waals surface area (Å²) in [4.78, 5) is 12.1. The highest BCUT2D eigenvalue weighted by Gasteiger charge is 2.15. The van der Waals surface area contributed by atoms with Gasteiger partial charge in [-0.2, -0.15) is 5.26 Å². The Balaban J connectivity index is 2.41. The van der Waals surface area contributed by atoms with Crippen molar-refractivity contribution < 1.29 is 10.0 Å². The van der Waals surface area contributed by atoms with Crippen LogP contribution in [-0.2, 0) is 6.61 Å². The van der Waals surface area contributed by atoms with Gasteiger partial charge in [0.15, 0.2) is 0 Å². The maximum absolute atomic E-state index is 10.9. The van der Waals surface area contributed by atoms with E-state index in [1.807, 2.05) is 6.07 Å². The zero-order chi connectivity index (χ0) is 15.4. The molecule has 21 heavy (non-hydrogen) atoms. The van der Waals surface area contributed by atoms with E-state index in [-0.39, 0.29) is 11.3 Å². The van der Waals surface area contributed by atoms with Crippen molar-refractivity contribution in [3.63, 3.8) is 0 Å². The first-order chi connectivity index (χ1) is 10.1. The van der Waals surface area contributed by atoms with Crippen LogP contribution in [0.15, 0.2) is 42.5 Å². The minimum Gasteiger partial charge on any atom is -0.391 e. The molecule has 0 bridgehead atoms. The molecule has 106 valence electrons. The summed E-state index contributed by atoms with van der Waals surface area (Å²) in [6.07, 6.45) is 0. The molecule has 0 unspecified atom stereocenters. The topological polar surface area (TPSA) is 90.4 Å². The summed E-state index contributed by atoms with van der Waals surface area (Å²) < 4.78 is 0. The van der Waals surface area contributed by atoms with Gasteiger partial charge in [-0.3, -0.25) is 10.1 Å². The number of nitrogens with zero attached hydrogens (tertiary/aromatic N) is 3. The average Bonchev–Trinajstić information content (AvgIpc) is 2.53. The lowest BCUT2D eigenvalue weighted by atomic mass is 10.1. The highest BCUT2D eigenvalue weighted by Crippen LogP contribution is 2.29. The molecule has 2 rings (SSSR count). The van der Waals surface area contributed by atoms with Crippen molar-refractivity contribution in [1.82, 2.24) is 0 Å². The summed E-state index contributed by atoms with van der Waals surface area (Å²) in [6.45, 7) is -0.407. The van der Waals surface area contributed by atoms with Crippen LogP contribution in [0.3, 0.4) is 0 Å². The van der Waals surface area contributed by atoms with Gasteiger partial charge in [-0.1, -0.05) is 6.07 Å². The summed E-state index contributed by atoms with van der Waals surface area (Å²) in [5, 5.41) is 29.0. The Hall–Kier alpha value is -2.91. The molecule has 6 heteroatoms. The lowest BCUT2D eigenvalue weighted by Gasteiger charge is -2.20. The predicted molar refractivity (Wildman–Crippen MR) is 78.2 cm³/mol. The molecule has 6 nitrogen and oxygen atoms in total. The zero-order valence-corrected chi connectivity index (χ0v) is 11.4. The third kappa shape index (κ3) is 2.99. The maximum atomic E-state index is 10.9. The van der Waals surface area contributed by atoms with E-state index in [1.165, 1.54) is 6.07 Å². The minimum absolute atomic E-state index is 0.111. The van der Waals surface area contributed by atoms with Crippen LogP contribution in [0.4, 0.5) is 17.1 Å². The van der Waals surface area contributed by atoms with Gasteiger partial charge in [0.25, 0.3) is 5.69 Å². The third-order valence-electron chi connectivity index (χ3n) is 3.18. The molecule has 1 N–H and O–H groups in total. The summed E-state index contributed by atoms with van der Waals surface area (Å²) in [5.41, 5.74) is 2.15. The molecular weight excluding hydrogens is 270 g/mol. The lowest BCUT2D eigenvalue weighted by Crippen LogP contribution is -2.10. The van der Waals surface area contributed by atoms with Crippen molar-refractivity contribution in [2.75, 3.05) is 11.9 Å². The smallest absolute Gasteiger partial charge is 0.275 e. The van der Waals surface area contributed by atoms with E-state index in [0.717, 1.165) is 5.69 Å². The van der Waals surface area contributed by atoms with Gasteiger partial charge in [0.05, 0.1) is 28.7 Å². The van der Waals surface area contributed by atoms with Gasteiger partial charge < -0.3 is 10.0 Å². The Morgan fingerprint density at radius 2 is 2.00 bits per heavy atom. The molecule has 0 saturated heterocycles. The van der Waals surface area contributed by atoms with Gasteiger partial charge in [-0.15, -0.1) is 0 Å². The molecule has 0 aromatic heterocycles. The minimum atomic E-state index is -0.522. The molecule has 0 fully saturated rings. The number of anilines is 2. The van der Waals surface area contributed by atoms with Crippen LogP contribution in [0, 0.1) is 21.4 Å². The van der Waals surface area contributed by atoms with Crippen LogP contribution in [0.1, 0.15) is 11.1 Å². The normalized spacial score (nSPS) is 9.95. The van der Waals surface area contributed by atoms with E-state index < -0.39 is 11.5 Å². The van der Waals surface area contributed by atoms with Crippen LogP contribution >= 0.6 is 0 Å². The number of hydrogen-bond acceptors (Lipinski definition) is 5. The molecule has 0 aliphatic carbocycles. The third-order valence-corrected chi connectivity index (χ3v) is 3.18. The van der Waals surface area contributed by atoms with Crippen LogP contribution in [0.2, 0.25) is 0 Å². The van der Waals surface area contributed by atoms with E-state index >= 15 is 0 Å². The molecule has 0 amide bonds. The molecule has 0 saturated carbocycles. The van der Waals surface area contributed by atoms with Crippen molar-refractivity contribution in [1.29, 1.82) is 5.26 Å². The zero-order valence-electron chi connectivity index (χ0n) is 11.4. The lowest BCUT2D eigenvalue weighted by molar-refractivity contribution is -0.385. The van der Waals surface area contributed by atoms with E-state index in [2.05, 4.69) is 6.07 Å². The number of nitriles is 1. The fourth-order valence-corrected chi connectivity index (χ4v) is 2.02. The highest BCUT2D eigenvalue weighted by atomic mass is 16.6. The number of nitro benzene ring substituents is 1. The molecule has 0 spiro atoms. The number of aliphatic hydroxyl groups is 1. The second-order valence-electron chi connectivity index (χ2n) is 4.45. The maximum Gasteiger partial charge on any atom is 0.275 e. The second kappa shape index (κ2) is 6.03. The first-order valence-electron chi connectivity index (χ1n) is 6.19.